The summed E-state index contributed by atoms with van der Waals surface area (Å²) in [6, 6.07) is 13.0. The van der Waals surface area contributed by atoms with E-state index in [0.717, 1.165) is 4.90 Å². The van der Waals surface area contributed by atoms with Crippen LogP contribution in [0.25, 0.3) is 0 Å². The molecule has 0 spiro atoms. The third-order valence-electron chi connectivity index (χ3n) is 2.64. The SMILES string of the molecule is Nc1ccccc1SCC(=O)Nc1ccc([N+](=O)[O-])cc1. The highest BCUT2D eigenvalue weighted by atomic mass is 32.2. The number of nitro benzene ring substituents is 1. The van der Waals surface area contributed by atoms with E-state index in [0.29, 0.717) is 11.4 Å². The van der Waals surface area contributed by atoms with E-state index in [2.05, 4.69) is 5.32 Å². The van der Waals surface area contributed by atoms with E-state index < -0.39 is 4.92 Å². The third kappa shape index (κ3) is 4.22. The van der Waals surface area contributed by atoms with Crippen LogP contribution in [0.5, 0.6) is 0 Å². The van der Waals surface area contributed by atoms with Gasteiger partial charge in [-0.25, -0.2) is 0 Å². The maximum atomic E-state index is 11.8. The highest BCUT2D eigenvalue weighted by Crippen LogP contribution is 2.24. The Bertz CT molecular complexity index is 659. The minimum Gasteiger partial charge on any atom is -0.398 e. The van der Waals surface area contributed by atoms with Gasteiger partial charge in [0.15, 0.2) is 0 Å². The number of nitrogens with two attached hydrogens (primary N) is 1. The average molecular weight is 303 g/mol. The van der Waals surface area contributed by atoms with Gasteiger partial charge >= 0.3 is 0 Å². The minimum absolute atomic E-state index is 0.0144. The molecule has 2 aromatic carbocycles. The minimum atomic E-state index is -0.486. The third-order valence-corrected chi connectivity index (χ3v) is 3.73. The van der Waals surface area contributed by atoms with Gasteiger partial charge in [-0.2, -0.15) is 0 Å². The summed E-state index contributed by atoms with van der Waals surface area (Å²) in [4.78, 5) is 22.7. The summed E-state index contributed by atoms with van der Waals surface area (Å²) in [6.45, 7) is 0. The number of non-ortho nitro benzene ring substituents is 1. The first-order valence-electron chi connectivity index (χ1n) is 6.08. The molecular formula is C14H13N3O3S. The van der Waals surface area contributed by atoms with E-state index in [-0.39, 0.29) is 17.3 Å². The van der Waals surface area contributed by atoms with E-state index in [1.807, 2.05) is 18.2 Å². The number of hydrogen-bond acceptors (Lipinski definition) is 5. The molecule has 0 saturated carbocycles. The molecule has 7 heteroatoms. The number of anilines is 2. The van der Waals surface area contributed by atoms with Crippen LogP contribution < -0.4 is 11.1 Å². The zero-order valence-corrected chi connectivity index (χ0v) is 11.8. The summed E-state index contributed by atoms with van der Waals surface area (Å²) in [5, 5.41) is 13.2. The number of nitro groups is 1. The van der Waals surface area contributed by atoms with E-state index in [4.69, 9.17) is 5.73 Å². The molecule has 0 radical (unpaired) electrons. The molecule has 6 nitrogen and oxygen atoms in total. The van der Waals surface area contributed by atoms with Crippen LogP contribution in [0.3, 0.4) is 0 Å². The fourth-order valence-electron chi connectivity index (χ4n) is 1.62. The molecule has 0 aliphatic heterocycles. The number of nitrogens with zero attached hydrogens (tertiary/aromatic N) is 1. The Morgan fingerprint density at radius 2 is 1.86 bits per heavy atom. The summed E-state index contributed by atoms with van der Waals surface area (Å²) in [5.74, 6) is 0.0164. The molecule has 0 atom stereocenters. The standard InChI is InChI=1S/C14H13N3O3S/c15-12-3-1-2-4-13(12)21-9-14(18)16-10-5-7-11(8-6-10)17(19)20/h1-8H,9,15H2,(H,16,18). The van der Waals surface area contributed by atoms with Gasteiger partial charge in [-0.15, -0.1) is 11.8 Å². The number of thioether (sulfide) groups is 1. The van der Waals surface area contributed by atoms with E-state index in [1.54, 1.807) is 6.07 Å². The van der Waals surface area contributed by atoms with Crippen LogP contribution in [0.2, 0.25) is 0 Å². The summed E-state index contributed by atoms with van der Waals surface area (Å²) in [7, 11) is 0. The molecular weight excluding hydrogens is 290 g/mol. The van der Waals surface area contributed by atoms with Gasteiger partial charge in [-0.05, 0) is 24.3 Å². The maximum absolute atomic E-state index is 11.8. The Morgan fingerprint density at radius 1 is 1.19 bits per heavy atom. The van der Waals surface area contributed by atoms with Crippen molar-refractivity contribution in [1.82, 2.24) is 0 Å². The second kappa shape index (κ2) is 6.76. The van der Waals surface area contributed by atoms with Crippen LogP contribution in [0.15, 0.2) is 53.4 Å². The molecule has 0 aliphatic rings. The molecule has 0 aromatic heterocycles. The van der Waals surface area contributed by atoms with Gasteiger partial charge in [0.2, 0.25) is 5.91 Å². The molecule has 2 rings (SSSR count). The predicted octanol–water partition coefficient (Wildman–Crippen LogP) is 2.91. The number of nitrogen functional groups attached to an aromatic ring is 1. The summed E-state index contributed by atoms with van der Waals surface area (Å²) >= 11 is 1.34. The fourth-order valence-corrected chi connectivity index (χ4v) is 2.39. The van der Waals surface area contributed by atoms with Crippen molar-refractivity contribution in [1.29, 1.82) is 0 Å². The van der Waals surface area contributed by atoms with Gasteiger partial charge in [0.25, 0.3) is 5.69 Å². The number of carbonyl (C=O) groups excluding carboxylic acids is 1. The molecule has 21 heavy (non-hydrogen) atoms. The van der Waals surface area contributed by atoms with Crippen molar-refractivity contribution in [3.63, 3.8) is 0 Å². The molecule has 0 fully saturated rings. The van der Waals surface area contributed by atoms with E-state index in [9.17, 15) is 14.9 Å². The van der Waals surface area contributed by atoms with Crippen molar-refractivity contribution in [2.75, 3.05) is 16.8 Å². The molecule has 0 heterocycles. The molecule has 0 unspecified atom stereocenters. The smallest absolute Gasteiger partial charge is 0.269 e. The zero-order chi connectivity index (χ0) is 15.2. The maximum Gasteiger partial charge on any atom is 0.269 e. The van der Waals surface area contributed by atoms with Crippen LogP contribution in [0.4, 0.5) is 17.1 Å². The second-order valence-corrected chi connectivity index (χ2v) is 5.20. The van der Waals surface area contributed by atoms with Gasteiger partial charge in [0.05, 0.1) is 10.7 Å². The van der Waals surface area contributed by atoms with Crippen LogP contribution in [-0.4, -0.2) is 16.6 Å². The van der Waals surface area contributed by atoms with Gasteiger partial charge in [0, 0.05) is 28.4 Å². The first-order chi connectivity index (χ1) is 10.1. The lowest BCUT2D eigenvalue weighted by Gasteiger charge is -2.06. The Balaban J connectivity index is 1.90. The Labute approximate surface area is 125 Å². The summed E-state index contributed by atoms with van der Waals surface area (Å²) in [5.41, 5.74) is 6.92. The predicted molar refractivity (Wildman–Crippen MR) is 83.3 cm³/mol. The Morgan fingerprint density at radius 3 is 2.48 bits per heavy atom. The highest BCUT2D eigenvalue weighted by molar-refractivity contribution is 8.00. The number of rotatable bonds is 5. The van der Waals surface area contributed by atoms with Crippen molar-refractivity contribution in [3.05, 3.63) is 58.6 Å². The number of hydrogen-bond donors (Lipinski definition) is 2. The van der Waals surface area contributed by atoms with Gasteiger partial charge < -0.3 is 11.1 Å². The van der Waals surface area contributed by atoms with Crippen molar-refractivity contribution in [2.45, 2.75) is 4.90 Å². The van der Waals surface area contributed by atoms with Gasteiger partial charge in [0.1, 0.15) is 0 Å². The Hall–Kier alpha value is -2.54. The molecule has 0 saturated heterocycles. The lowest BCUT2D eigenvalue weighted by Crippen LogP contribution is -2.14. The first kappa shape index (κ1) is 14.9. The lowest BCUT2D eigenvalue weighted by molar-refractivity contribution is -0.384. The van der Waals surface area contributed by atoms with Crippen molar-refractivity contribution in [3.8, 4) is 0 Å². The topological polar surface area (TPSA) is 98.3 Å². The first-order valence-corrected chi connectivity index (χ1v) is 7.06. The lowest BCUT2D eigenvalue weighted by atomic mass is 10.3. The molecule has 1 amide bonds. The zero-order valence-electron chi connectivity index (χ0n) is 11.0. The second-order valence-electron chi connectivity index (χ2n) is 4.18. The van der Waals surface area contributed by atoms with Crippen LogP contribution >= 0.6 is 11.8 Å². The van der Waals surface area contributed by atoms with Crippen molar-refractivity contribution < 1.29 is 9.72 Å². The largest absolute Gasteiger partial charge is 0.398 e. The van der Waals surface area contributed by atoms with E-state index in [1.165, 1.54) is 36.0 Å². The van der Waals surface area contributed by atoms with Crippen LogP contribution in [0.1, 0.15) is 0 Å². The number of nitrogens with one attached hydrogen (secondary N) is 1. The molecule has 0 bridgehead atoms. The monoisotopic (exact) mass is 303 g/mol. The van der Waals surface area contributed by atoms with Gasteiger partial charge in [-0.3, -0.25) is 14.9 Å². The number of amides is 1. The van der Waals surface area contributed by atoms with E-state index >= 15 is 0 Å². The van der Waals surface area contributed by atoms with Crippen LogP contribution in [0, 0.1) is 10.1 Å². The normalized spacial score (nSPS) is 10.1. The number of carbonyl (C=O) groups is 1. The molecule has 3 N–H and O–H groups in total. The Kier molecular flexibility index (Phi) is 4.78. The van der Waals surface area contributed by atoms with Crippen LogP contribution in [-0.2, 0) is 4.79 Å². The number of para-hydroxylation sites is 1. The van der Waals surface area contributed by atoms with Crippen molar-refractivity contribution in [2.24, 2.45) is 0 Å². The van der Waals surface area contributed by atoms with Crippen molar-refractivity contribution >= 4 is 34.7 Å². The summed E-state index contributed by atoms with van der Waals surface area (Å²) in [6.07, 6.45) is 0. The quantitative estimate of drug-likeness (QED) is 0.383. The average Bonchev–Trinajstić information content (AvgIpc) is 2.47. The fraction of sp³-hybridized carbons (Fsp3) is 0.0714. The highest BCUT2D eigenvalue weighted by Gasteiger charge is 2.07. The molecule has 2 aromatic rings. The molecule has 0 aliphatic carbocycles. The van der Waals surface area contributed by atoms with Gasteiger partial charge in [-0.1, -0.05) is 12.1 Å². The summed E-state index contributed by atoms with van der Waals surface area (Å²) < 4.78 is 0. The molecule has 108 valence electrons. The number of benzene rings is 2.